The van der Waals surface area contributed by atoms with E-state index in [-0.39, 0.29) is 5.91 Å². The Morgan fingerprint density at radius 2 is 2.08 bits per heavy atom. The fourth-order valence-electron chi connectivity index (χ4n) is 3.02. The van der Waals surface area contributed by atoms with E-state index in [9.17, 15) is 4.79 Å². The van der Waals surface area contributed by atoms with Crippen molar-refractivity contribution in [3.05, 3.63) is 47.0 Å². The topological polar surface area (TPSA) is 85.1 Å². The Labute approximate surface area is 154 Å². The Hall–Kier alpha value is -2.87. The third kappa shape index (κ3) is 3.03. The number of carbonyl (C=O) groups is 1. The van der Waals surface area contributed by atoms with E-state index >= 15 is 0 Å². The lowest BCUT2D eigenvalue weighted by Gasteiger charge is -2.10. The van der Waals surface area contributed by atoms with Crippen LogP contribution in [0.3, 0.4) is 0 Å². The molecule has 0 fully saturated rings. The van der Waals surface area contributed by atoms with Gasteiger partial charge in [0.2, 0.25) is 5.91 Å². The van der Waals surface area contributed by atoms with Gasteiger partial charge in [0.15, 0.2) is 5.13 Å². The summed E-state index contributed by atoms with van der Waals surface area (Å²) in [4.78, 5) is 25.4. The van der Waals surface area contributed by atoms with Crippen LogP contribution in [0.5, 0.6) is 0 Å². The van der Waals surface area contributed by atoms with E-state index in [1.807, 2.05) is 32.9 Å². The zero-order valence-corrected chi connectivity index (χ0v) is 15.6. The van der Waals surface area contributed by atoms with Gasteiger partial charge in [0.25, 0.3) is 5.78 Å². The fraction of sp³-hybridized carbons (Fsp3) is 0.278. The van der Waals surface area contributed by atoms with Crippen molar-refractivity contribution in [2.45, 2.75) is 33.6 Å². The van der Waals surface area contributed by atoms with Gasteiger partial charge in [0.1, 0.15) is 6.33 Å². The third-order valence-electron chi connectivity index (χ3n) is 4.38. The molecule has 0 unspecified atom stereocenters. The second-order valence-electron chi connectivity index (χ2n) is 6.27. The minimum Gasteiger partial charge on any atom is -0.302 e. The van der Waals surface area contributed by atoms with Crippen LogP contribution in [0.2, 0.25) is 0 Å². The summed E-state index contributed by atoms with van der Waals surface area (Å²) in [6, 6.07) is 6.07. The van der Waals surface area contributed by atoms with Gasteiger partial charge < -0.3 is 5.32 Å². The van der Waals surface area contributed by atoms with Crippen LogP contribution in [0.1, 0.15) is 28.9 Å². The van der Waals surface area contributed by atoms with Crippen molar-refractivity contribution in [3.63, 3.8) is 0 Å². The van der Waals surface area contributed by atoms with Crippen LogP contribution < -0.4 is 5.32 Å². The molecule has 4 rings (SSSR count). The second kappa shape index (κ2) is 6.45. The maximum absolute atomic E-state index is 12.4. The predicted molar refractivity (Wildman–Crippen MR) is 102 cm³/mol. The lowest BCUT2D eigenvalue weighted by molar-refractivity contribution is -0.116. The SMILES string of the molecule is Cc1ccc2nc(NC(=O)CCc3c(C)nc4ncnn4c3C)sc2c1. The minimum absolute atomic E-state index is 0.0572. The highest BCUT2D eigenvalue weighted by atomic mass is 32.1. The molecule has 1 aromatic carbocycles. The largest absolute Gasteiger partial charge is 0.302 e. The molecule has 132 valence electrons. The summed E-state index contributed by atoms with van der Waals surface area (Å²) >= 11 is 1.49. The molecule has 4 aromatic rings. The van der Waals surface area contributed by atoms with Gasteiger partial charge in [-0.05, 0) is 50.5 Å². The van der Waals surface area contributed by atoms with Crippen LogP contribution in [0.4, 0.5) is 5.13 Å². The van der Waals surface area contributed by atoms with E-state index in [2.05, 4.69) is 31.4 Å². The van der Waals surface area contributed by atoms with Gasteiger partial charge in [0.05, 0.1) is 10.2 Å². The van der Waals surface area contributed by atoms with Crippen LogP contribution in [-0.4, -0.2) is 30.5 Å². The molecule has 0 radical (unpaired) electrons. The summed E-state index contributed by atoms with van der Waals surface area (Å²) in [5.74, 6) is 0.524. The molecule has 0 atom stereocenters. The molecule has 0 bridgehead atoms. The number of carbonyl (C=O) groups excluding carboxylic acids is 1. The molecule has 7 nitrogen and oxygen atoms in total. The van der Waals surface area contributed by atoms with Crippen LogP contribution in [-0.2, 0) is 11.2 Å². The lowest BCUT2D eigenvalue weighted by Crippen LogP contribution is -2.14. The third-order valence-corrected chi connectivity index (χ3v) is 5.31. The first kappa shape index (κ1) is 16.6. The molecule has 8 heteroatoms. The number of nitrogens with zero attached hydrogens (tertiary/aromatic N) is 5. The van der Waals surface area contributed by atoms with Gasteiger partial charge >= 0.3 is 0 Å². The van der Waals surface area contributed by atoms with Crippen molar-refractivity contribution in [1.29, 1.82) is 0 Å². The number of anilines is 1. The second-order valence-corrected chi connectivity index (χ2v) is 7.30. The van der Waals surface area contributed by atoms with Gasteiger partial charge in [-0.1, -0.05) is 17.4 Å². The van der Waals surface area contributed by atoms with Crippen molar-refractivity contribution >= 4 is 38.4 Å². The molecule has 0 saturated heterocycles. The number of amides is 1. The zero-order chi connectivity index (χ0) is 18.3. The number of aryl methyl sites for hydroxylation is 3. The first-order valence-electron chi connectivity index (χ1n) is 8.34. The van der Waals surface area contributed by atoms with Gasteiger partial charge in [-0.15, -0.1) is 0 Å². The highest BCUT2D eigenvalue weighted by molar-refractivity contribution is 7.22. The number of hydrogen-bond acceptors (Lipinski definition) is 6. The maximum atomic E-state index is 12.4. The van der Waals surface area contributed by atoms with Gasteiger partial charge in [-0.2, -0.15) is 10.1 Å². The quantitative estimate of drug-likeness (QED) is 0.599. The molecule has 3 aromatic heterocycles. The number of rotatable bonds is 4. The monoisotopic (exact) mass is 366 g/mol. The van der Waals surface area contributed by atoms with Crippen molar-refractivity contribution in [2.75, 3.05) is 5.32 Å². The summed E-state index contributed by atoms with van der Waals surface area (Å²) in [6.45, 7) is 5.95. The van der Waals surface area contributed by atoms with Crippen LogP contribution in [0.25, 0.3) is 16.0 Å². The van der Waals surface area contributed by atoms with Gasteiger partial charge in [-0.25, -0.2) is 14.5 Å². The number of aromatic nitrogens is 5. The van der Waals surface area contributed by atoms with Crippen LogP contribution in [0.15, 0.2) is 24.5 Å². The number of fused-ring (bicyclic) bond motifs is 2. The highest BCUT2D eigenvalue weighted by Gasteiger charge is 2.13. The van der Waals surface area contributed by atoms with E-state index in [1.54, 1.807) is 4.52 Å². The smallest absolute Gasteiger partial charge is 0.252 e. The van der Waals surface area contributed by atoms with E-state index < -0.39 is 0 Å². The molecule has 0 saturated carbocycles. The van der Waals surface area contributed by atoms with Gasteiger partial charge in [-0.3, -0.25) is 4.79 Å². The number of benzene rings is 1. The summed E-state index contributed by atoms with van der Waals surface area (Å²) in [7, 11) is 0. The molecule has 0 aliphatic heterocycles. The number of thiazole rings is 1. The molecule has 1 N–H and O–H groups in total. The maximum Gasteiger partial charge on any atom is 0.252 e. The highest BCUT2D eigenvalue weighted by Crippen LogP contribution is 2.27. The van der Waals surface area contributed by atoms with Crippen molar-refractivity contribution in [2.24, 2.45) is 0 Å². The van der Waals surface area contributed by atoms with E-state index in [0.29, 0.717) is 23.8 Å². The standard InChI is InChI=1S/C18H18N6OS/c1-10-4-6-14-15(8-10)26-18(22-14)23-16(25)7-5-13-11(2)21-17-19-9-20-24(17)12(13)3/h4,6,8-9H,5,7H2,1-3H3,(H,22,23,25). The summed E-state index contributed by atoms with van der Waals surface area (Å²) in [5.41, 5.74) is 4.96. The Bertz CT molecular complexity index is 1130. The Balaban J connectivity index is 1.48. The molecule has 3 heterocycles. The first-order valence-corrected chi connectivity index (χ1v) is 9.16. The van der Waals surface area contributed by atoms with Crippen LogP contribution >= 0.6 is 11.3 Å². The molecule has 0 aliphatic carbocycles. The number of nitrogens with one attached hydrogen (secondary N) is 1. The lowest BCUT2D eigenvalue weighted by atomic mass is 10.1. The van der Waals surface area contributed by atoms with E-state index in [0.717, 1.165) is 27.2 Å². The molecule has 26 heavy (non-hydrogen) atoms. The van der Waals surface area contributed by atoms with E-state index in [4.69, 9.17) is 0 Å². The zero-order valence-electron chi connectivity index (χ0n) is 14.8. The fourth-order valence-corrected chi connectivity index (χ4v) is 4.00. The Kier molecular flexibility index (Phi) is 4.12. The Morgan fingerprint density at radius 1 is 1.23 bits per heavy atom. The minimum atomic E-state index is -0.0572. The van der Waals surface area contributed by atoms with Gasteiger partial charge in [0, 0.05) is 17.8 Å². The summed E-state index contributed by atoms with van der Waals surface area (Å²) in [5, 5.41) is 7.72. The average molecular weight is 366 g/mol. The van der Waals surface area contributed by atoms with Crippen molar-refractivity contribution in [3.8, 4) is 0 Å². The van der Waals surface area contributed by atoms with Crippen LogP contribution in [0, 0.1) is 20.8 Å². The molecular formula is C18H18N6OS. The predicted octanol–water partition coefficient (Wildman–Crippen LogP) is 3.23. The molecule has 0 spiro atoms. The molecular weight excluding hydrogens is 348 g/mol. The number of hydrogen-bond donors (Lipinski definition) is 1. The normalized spacial score (nSPS) is 11.3. The summed E-state index contributed by atoms with van der Waals surface area (Å²) in [6.07, 6.45) is 2.44. The van der Waals surface area contributed by atoms with E-state index in [1.165, 1.54) is 23.2 Å². The van der Waals surface area contributed by atoms with Crippen molar-refractivity contribution < 1.29 is 4.79 Å². The Morgan fingerprint density at radius 3 is 2.92 bits per heavy atom. The first-order chi connectivity index (χ1) is 12.5. The summed E-state index contributed by atoms with van der Waals surface area (Å²) < 4.78 is 2.78. The molecule has 1 amide bonds. The molecule has 0 aliphatic rings. The van der Waals surface area contributed by atoms with Crippen molar-refractivity contribution in [1.82, 2.24) is 24.6 Å². The average Bonchev–Trinajstić information content (AvgIpc) is 3.20.